The molecule has 5 nitrogen and oxygen atoms in total. The van der Waals surface area contributed by atoms with Gasteiger partial charge < -0.3 is 20.1 Å². The molecule has 110 valence electrons. The van der Waals surface area contributed by atoms with E-state index in [0.717, 1.165) is 28.7 Å². The van der Waals surface area contributed by atoms with E-state index in [9.17, 15) is 4.79 Å². The number of nitrogens with one attached hydrogen (secondary N) is 2. The highest BCUT2D eigenvalue weighted by molar-refractivity contribution is 9.10. The van der Waals surface area contributed by atoms with Gasteiger partial charge in [0.15, 0.2) is 0 Å². The van der Waals surface area contributed by atoms with Crippen LogP contribution in [-0.4, -0.2) is 32.8 Å². The van der Waals surface area contributed by atoms with Crippen molar-refractivity contribution in [1.29, 1.82) is 0 Å². The molecule has 1 amide bonds. The van der Waals surface area contributed by atoms with E-state index in [2.05, 4.69) is 33.5 Å². The van der Waals surface area contributed by atoms with Gasteiger partial charge in [-0.3, -0.25) is 4.79 Å². The molecule has 6 heteroatoms. The number of rotatable bonds is 7. The zero-order chi connectivity index (χ0) is 14.5. The van der Waals surface area contributed by atoms with Crippen LogP contribution in [0.1, 0.15) is 24.9 Å². The molecule has 0 aromatic heterocycles. The summed E-state index contributed by atoms with van der Waals surface area (Å²) >= 11 is 3.48. The Morgan fingerprint density at radius 3 is 2.90 bits per heavy atom. The first-order valence-electron chi connectivity index (χ1n) is 6.66. The molecule has 0 spiro atoms. The minimum atomic E-state index is -0.283. The third-order valence-corrected chi connectivity index (χ3v) is 3.70. The molecule has 1 aromatic rings. The van der Waals surface area contributed by atoms with Crippen LogP contribution in [0.2, 0.25) is 0 Å². The average Bonchev–Trinajstić information content (AvgIpc) is 2.72. The smallest absolute Gasteiger partial charge is 0.246 e. The Morgan fingerprint density at radius 1 is 1.40 bits per heavy atom. The molecule has 0 fully saturated rings. The number of fused-ring (bicyclic) bond motifs is 1. The maximum atomic E-state index is 12.0. The lowest BCUT2D eigenvalue weighted by Crippen LogP contribution is -2.28. The highest BCUT2D eigenvalue weighted by atomic mass is 79.9. The van der Waals surface area contributed by atoms with Gasteiger partial charge in [0.05, 0.1) is 11.1 Å². The maximum absolute atomic E-state index is 12.0. The van der Waals surface area contributed by atoms with Crippen molar-refractivity contribution in [2.75, 3.05) is 32.2 Å². The summed E-state index contributed by atoms with van der Waals surface area (Å²) < 4.78 is 11.4. The van der Waals surface area contributed by atoms with E-state index < -0.39 is 0 Å². The van der Waals surface area contributed by atoms with Crippen LogP contribution in [0.4, 0.5) is 5.69 Å². The van der Waals surface area contributed by atoms with Gasteiger partial charge in [-0.25, -0.2) is 0 Å². The lowest BCUT2D eigenvalue weighted by molar-refractivity contribution is -0.117. The van der Waals surface area contributed by atoms with Crippen LogP contribution >= 0.6 is 15.9 Å². The Kier molecular flexibility index (Phi) is 5.39. The molecule has 20 heavy (non-hydrogen) atoms. The number of hydrogen-bond acceptors (Lipinski definition) is 4. The minimum absolute atomic E-state index is 0.0191. The van der Waals surface area contributed by atoms with Gasteiger partial charge in [-0.15, -0.1) is 0 Å². The predicted octanol–water partition coefficient (Wildman–Crippen LogP) is 2.47. The van der Waals surface area contributed by atoms with Crippen LogP contribution in [0.15, 0.2) is 16.6 Å². The first-order valence-corrected chi connectivity index (χ1v) is 7.46. The Bertz CT molecular complexity index is 494. The summed E-state index contributed by atoms with van der Waals surface area (Å²) in [6.07, 6.45) is 0.985. The highest BCUT2D eigenvalue weighted by Crippen LogP contribution is 2.38. The van der Waals surface area contributed by atoms with Crippen molar-refractivity contribution in [2.24, 2.45) is 0 Å². The van der Waals surface area contributed by atoms with Gasteiger partial charge in [-0.05, 0) is 35.0 Å². The first kappa shape index (κ1) is 15.3. The molecule has 1 atom stereocenters. The molecule has 0 aliphatic carbocycles. The molecule has 0 bridgehead atoms. The van der Waals surface area contributed by atoms with Crippen molar-refractivity contribution in [3.8, 4) is 5.75 Å². The van der Waals surface area contributed by atoms with E-state index in [0.29, 0.717) is 19.0 Å². The van der Waals surface area contributed by atoms with Gasteiger partial charge in [0.25, 0.3) is 0 Å². The van der Waals surface area contributed by atoms with Gasteiger partial charge in [0, 0.05) is 24.4 Å². The Balaban J connectivity index is 2.16. The number of carbonyl (C=O) groups excluding carboxylic acids is 1. The zero-order valence-corrected chi connectivity index (χ0v) is 13.2. The number of methoxy groups -OCH3 is 1. The summed E-state index contributed by atoms with van der Waals surface area (Å²) in [5, 5.41) is 6.12. The standard InChI is InChI=1S/C14H19BrN2O3/c1-3-4-16-13-9-7-10(15)12(20-6-5-19-2)8-11(9)17-14(13)18/h7-8,13,16H,3-6H2,1-2H3,(H,17,18). The molecule has 1 heterocycles. The fourth-order valence-corrected chi connectivity index (χ4v) is 2.57. The monoisotopic (exact) mass is 342 g/mol. The summed E-state index contributed by atoms with van der Waals surface area (Å²) in [7, 11) is 1.63. The normalized spacial score (nSPS) is 16.9. The zero-order valence-electron chi connectivity index (χ0n) is 11.7. The maximum Gasteiger partial charge on any atom is 0.246 e. The van der Waals surface area contributed by atoms with Crippen molar-refractivity contribution in [1.82, 2.24) is 5.32 Å². The van der Waals surface area contributed by atoms with E-state index in [-0.39, 0.29) is 11.9 Å². The number of anilines is 1. The SMILES string of the molecule is CCCNC1C(=O)Nc2cc(OCCOC)c(Br)cc21. The number of halogens is 1. The number of hydrogen-bond donors (Lipinski definition) is 2. The largest absolute Gasteiger partial charge is 0.490 e. The van der Waals surface area contributed by atoms with Gasteiger partial charge in [-0.2, -0.15) is 0 Å². The molecule has 0 saturated heterocycles. The van der Waals surface area contributed by atoms with Crippen LogP contribution in [0, 0.1) is 0 Å². The molecule has 1 aliphatic heterocycles. The van der Waals surface area contributed by atoms with Gasteiger partial charge in [-0.1, -0.05) is 6.92 Å². The van der Waals surface area contributed by atoms with E-state index in [4.69, 9.17) is 9.47 Å². The first-order chi connectivity index (χ1) is 9.67. The molecule has 2 rings (SSSR count). The van der Waals surface area contributed by atoms with E-state index in [1.165, 1.54) is 0 Å². The van der Waals surface area contributed by atoms with Crippen LogP contribution in [0.3, 0.4) is 0 Å². The van der Waals surface area contributed by atoms with E-state index in [1.54, 1.807) is 7.11 Å². The highest BCUT2D eigenvalue weighted by Gasteiger charge is 2.31. The lowest BCUT2D eigenvalue weighted by Gasteiger charge is -2.12. The van der Waals surface area contributed by atoms with Crippen molar-refractivity contribution < 1.29 is 14.3 Å². The molecule has 1 unspecified atom stereocenters. The quantitative estimate of drug-likeness (QED) is 0.747. The molecule has 0 radical (unpaired) electrons. The molecular weight excluding hydrogens is 324 g/mol. The van der Waals surface area contributed by atoms with Gasteiger partial charge in [0.1, 0.15) is 18.4 Å². The minimum Gasteiger partial charge on any atom is -0.490 e. The Hall–Kier alpha value is -1.11. The third kappa shape index (κ3) is 3.31. The van der Waals surface area contributed by atoms with Crippen LogP contribution in [0.25, 0.3) is 0 Å². The van der Waals surface area contributed by atoms with Gasteiger partial charge >= 0.3 is 0 Å². The van der Waals surface area contributed by atoms with E-state index in [1.807, 2.05) is 12.1 Å². The molecule has 0 saturated carbocycles. The van der Waals surface area contributed by atoms with Crippen LogP contribution in [-0.2, 0) is 9.53 Å². The average molecular weight is 343 g/mol. The second kappa shape index (κ2) is 7.06. The van der Waals surface area contributed by atoms with Crippen LogP contribution < -0.4 is 15.4 Å². The molecule has 1 aliphatic rings. The summed E-state index contributed by atoms with van der Waals surface area (Å²) in [4.78, 5) is 12.0. The Labute approximate surface area is 127 Å². The van der Waals surface area contributed by atoms with Crippen molar-refractivity contribution in [3.63, 3.8) is 0 Å². The number of amides is 1. The summed E-state index contributed by atoms with van der Waals surface area (Å²) in [6.45, 7) is 3.88. The van der Waals surface area contributed by atoms with E-state index >= 15 is 0 Å². The number of benzene rings is 1. The van der Waals surface area contributed by atoms with Crippen LogP contribution in [0.5, 0.6) is 5.75 Å². The van der Waals surface area contributed by atoms with Crippen molar-refractivity contribution in [2.45, 2.75) is 19.4 Å². The predicted molar refractivity (Wildman–Crippen MR) is 81.2 cm³/mol. The summed E-state index contributed by atoms with van der Waals surface area (Å²) in [5.74, 6) is 0.687. The van der Waals surface area contributed by atoms with Crippen molar-refractivity contribution >= 4 is 27.5 Å². The summed E-state index contributed by atoms with van der Waals surface area (Å²) in [5.41, 5.74) is 1.76. The second-order valence-electron chi connectivity index (χ2n) is 4.59. The number of carbonyl (C=O) groups is 1. The van der Waals surface area contributed by atoms with Crippen molar-refractivity contribution in [3.05, 3.63) is 22.2 Å². The fourth-order valence-electron chi connectivity index (χ4n) is 2.10. The second-order valence-corrected chi connectivity index (χ2v) is 5.44. The molecule has 2 N–H and O–H groups in total. The lowest BCUT2D eigenvalue weighted by atomic mass is 10.1. The third-order valence-electron chi connectivity index (χ3n) is 3.08. The molecule has 1 aromatic carbocycles. The topological polar surface area (TPSA) is 59.6 Å². The Morgan fingerprint density at radius 2 is 2.20 bits per heavy atom. The fraction of sp³-hybridized carbons (Fsp3) is 0.500. The van der Waals surface area contributed by atoms with Gasteiger partial charge in [0.2, 0.25) is 5.91 Å². The molecular formula is C14H19BrN2O3. The number of ether oxygens (including phenoxy) is 2. The summed E-state index contributed by atoms with van der Waals surface area (Å²) in [6, 6.07) is 3.50.